The highest BCUT2D eigenvalue weighted by atomic mass is 32.2. The van der Waals surface area contributed by atoms with E-state index in [1.165, 1.54) is 16.7 Å². The molecule has 0 saturated carbocycles. The fourth-order valence-corrected chi connectivity index (χ4v) is 4.30. The second-order valence-corrected chi connectivity index (χ2v) is 8.42. The Morgan fingerprint density at radius 1 is 1.36 bits per heavy atom. The van der Waals surface area contributed by atoms with Crippen LogP contribution in [0.2, 0.25) is 0 Å². The van der Waals surface area contributed by atoms with E-state index in [1.54, 1.807) is 13.0 Å². The molecule has 0 spiro atoms. The molecule has 1 amide bonds. The van der Waals surface area contributed by atoms with Crippen LogP contribution in [0.25, 0.3) is 0 Å². The van der Waals surface area contributed by atoms with E-state index in [9.17, 15) is 9.59 Å². The summed E-state index contributed by atoms with van der Waals surface area (Å²) < 4.78 is 6.80. The number of thioether (sulfide) groups is 1. The number of aromatic nitrogens is 3. The average Bonchev–Trinajstić information content (AvgIpc) is 3.06. The van der Waals surface area contributed by atoms with Crippen LogP contribution in [-0.4, -0.2) is 47.0 Å². The molecule has 0 radical (unpaired) electrons. The SMILES string of the molecule is Cc1cc(NC(=O)CSc2nc(=O)n(CCC[NH+](C)C)c3c2CCCC3)no1. The largest absolute Gasteiger partial charge is 0.360 e. The Hall–Kier alpha value is -2.13. The minimum Gasteiger partial charge on any atom is -0.360 e. The van der Waals surface area contributed by atoms with Crippen LogP contribution < -0.4 is 15.9 Å². The standard InChI is InChI=1S/C19H27N5O3S/c1-13-11-16(22-27-13)20-17(25)12-28-18-14-7-4-5-8-15(14)24(19(26)21-18)10-6-9-23(2)3/h11H,4-10,12H2,1-3H3,(H,20,22,25)/p+1. The van der Waals surface area contributed by atoms with Gasteiger partial charge in [-0.2, -0.15) is 4.98 Å². The third-order valence-corrected chi connectivity index (χ3v) is 5.76. The highest BCUT2D eigenvalue weighted by Crippen LogP contribution is 2.28. The predicted molar refractivity (Wildman–Crippen MR) is 108 cm³/mol. The molecule has 9 heteroatoms. The fraction of sp³-hybridized carbons (Fsp3) is 0.579. The van der Waals surface area contributed by atoms with E-state index < -0.39 is 0 Å². The summed E-state index contributed by atoms with van der Waals surface area (Å²) in [5, 5.41) is 7.16. The Morgan fingerprint density at radius 2 is 2.14 bits per heavy atom. The number of fused-ring (bicyclic) bond motifs is 1. The van der Waals surface area contributed by atoms with Crippen molar-refractivity contribution < 1.29 is 14.2 Å². The molecule has 0 atom stereocenters. The van der Waals surface area contributed by atoms with Crippen molar-refractivity contribution >= 4 is 23.5 Å². The van der Waals surface area contributed by atoms with Crippen molar-refractivity contribution in [2.45, 2.75) is 50.6 Å². The average molecular weight is 407 g/mol. The monoisotopic (exact) mass is 406 g/mol. The third kappa shape index (κ3) is 5.23. The lowest BCUT2D eigenvalue weighted by molar-refractivity contribution is -0.858. The summed E-state index contributed by atoms with van der Waals surface area (Å²) >= 11 is 1.32. The number of rotatable bonds is 8. The van der Waals surface area contributed by atoms with Crippen LogP contribution in [0, 0.1) is 6.92 Å². The maximum absolute atomic E-state index is 12.6. The first-order valence-electron chi connectivity index (χ1n) is 9.71. The van der Waals surface area contributed by atoms with Crippen LogP contribution in [0.1, 0.15) is 36.3 Å². The van der Waals surface area contributed by atoms with Crippen molar-refractivity contribution in [3.63, 3.8) is 0 Å². The summed E-state index contributed by atoms with van der Waals surface area (Å²) in [6.45, 7) is 3.48. The van der Waals surface area contributed by atoms with Gasteiger partial charge < -0.3 is 14.7 Å². The van der Waals surface area contributed by atoms with Gasteiger partial charge in [-0.15, -0.1) is 0 Å². The van der Waals surface area contributed by atoms with Gasteiger partial charge in [0.15, 0.2) is 5.82 Å². The number of anilines is 1. The second-order valence-electron chi connectivity index (χ2n) is 7.45. The highest BCUT2D eigenvalue weighted by molar-refractivity contribution is 8.00. The predicted octanol–water partition coefficient (Wildman–Crippen LogP) is 0.684. The van der Waals surface area contributed by atoms with Crippen molar-refractivity contribution in [3.05, 3.63) is 33.6 Å². The third-order valence-electron chi connectivity index (χ3n) is 4.74. The Bertz CT molecular complexity index is 890. The van der Waals surface area contributed by atoms with Gasteiger partial charge in [-0.1, -0.05) is 16.9 Å². The van der Waals surface area contributed by atoms with Gasteiger partial charge in [0.25, 0.3) is 0 Å². The molecule has 152 valence electrons. The van der Waals surface area contributed by atoms with E-state index in [0.717, 1.165) is 49.9 Å². The lowest BCUT2D eigenvalue weighted by atomic mass is 9.97. The minimum absolute atomic E-state index is 0.179. The van der Waals surface area contributed by atoms with Gasteiger partial charge >= 0.3 is 5.69 Å². The van der Waals surface area contributed by atoms with Crippen LogP contribution in [0.5, 0.6) is 0 Å². The molecular formula is C19H28N5O3S+. The smallest absolute Gasteiger partial charge is 0.348 e. The molecule has 8 nitrogen and oxygen atoms in total. The molecule has 0 bridgehead atoms. The number of amides is 1. The quantitative estimate of drug-likeness (QED) is 0.495. The maximum Gasteiger partial charge on any atom is 0.348 e. The zero-order valence-electron chi connectivity index (χ0n) is 16.7. The topological polar surface area (TPSA) is 94.5 Å². The van der Waals surface area contributed by atoms with Gasteiger partial charge in [0, 0.05) is 30.3 Å². The molecule has 2 N–H and O–H groups in total. The van der Waals surface area contributed by atoms with Gasteiger partial charge in [0.2, 0.25) is 5.91 Å². The first-order valence-corrected chi connectivity index (χ1v) is 10.7. The van der Waals surface area contributed by atoms with Crippen molar-refractivity contribution in [3.8, 4) is 0 Å². The van der Waals surface area contributed by atoms with E-state index in [4.69, 9.17) is 4.52 Å². The summed E-state index contributed by atoms with van der Waals surface area (Å²) in [7, 11) is 4.23. The van der Waals surface area contributed by atoms with Crippen molar-refractivity contribution in [2.75, 3.05) is 31.7 Å². The van der Waals surface area contributed by atoms with Gasteiger partial charge in [-0.05, 0) is 32.6 Å². The van der Waals surface area contributed by atoms with E-state index >= 15 is 0 Å². The number of hydrogen-bond donors (Lipinski definition) is 2. The van der Waals surface area contributed by atoms with Crippen LogP contribution in [0.15, 0.2) is 20.4 Å². The van der Waals surface area contributed by atoms with Crippen LogP contribution in [-0.2, 0) is 24.2 Å². The van der Waals surface area contributed by atoms with Crippen LogP contribution in [0.3, 0.4) is 0 Å². The summed E-state index contributed by atoms with van der Waals surface area (Å²) in [4.78, 5) is 30.5. The first-order chi connectivity index (χ1) is 13.4. The van der Waals surface area contributed by atoms with Crippen LogP contribution in [0.4, 0.5) is 5.82 Å². The van der Waals surface area contributed by atoms with Crippen molar-refractivity contribution in [1.29, 1.82) is 0 Å². The molecule has 0 aliphatic heterocycles. The molecular weight excluding hydrogens is 378 g/mol. The number of quaternary nitrogens is 1. The summed E-state index contributed by atoms with van der Waals surface area (Å²) in [5.41, 5.74) is 2.04. The Kier molecular flexibility index (Phi) is 6.90. The zero-order valence-corrected chi connectivity index (χ0v) is 17.5. The number of hydrogen-bond acceptors (Lipinski definition) is 6. The molecule has 2 aromatic rings. The number of carbonyl (C=O) groups is 1. The van der Waals surface area contributed by atoms with E-state index in [-0.39, 0.29) is 17.3 Å². The first kappa shape index (κ1) is 20.6. The molecule has 0 unspecified atom stereocenters. The molecule has 1 aliphatic rings. The number of nitrogens with one attached hydrogen (secondary N) is 2. The van der Waals surface area contributed by atoms with E-state index in [1.807, 2.05) is 4.57 Å². The van der Waals surface area contributed by atoms with Gasteiger partial charge in [0.1, 0.15) is 10.8 Å². The minimum atomic E-state index is -0.204. The Morgan fingerprint density at radius 3 is 2.86 bits per heavy atom. The molecule has 1 aliphatic carbocycles. The van der Waals surface area contributed by atoms with E-state index in [0.29, 0.717) is 23.1 Å². The van der Waals surface area contributed by atoms with Gasteiger partial charge in [-0.3, -0.25) is 9.36 Å². The maximum atomic E-state index is 12.6. The normalized spacial score (nSPS) is 13.6. The zero-order chi connectivity index (χ0) is 20.1. The van der Waals surface area contributed by atoms with Gasteiger partial charge in [-0.25, -0.2) is 4.79 Å². The van der Waals surface area contributed by atoms with Gasteiger partial charge in [0.05, 0.1) is 26.4 Å². The molecule has 0 aromatic carbocycles. The lowest BCUT2D eigenvalue weighted by Gasteiger charge is -2.22. The Labute approximate surface area is 168 Å². The van der Waals surface area contributed by atoms with Crippen molar-refractivity contribution in [2.24, 2.45) is 0 Å². The summed E-state index contributed by atoms with van der Waals surface area (Å²) in [5.74, 6) is 1.02. The molecule has 3 rings (SSSR count). The molecule has 0 saturated heterocycles. The number of aryl methyl sites for hydroxylation is 1. The van der Waals surface area contributed by atoms with Crippen molar-refractivity contribution in [1.82, 2.24) is 14.7 Å². The molecule has 2 heterocycles. The number of nitrogens with zero attached hydrogens (tertiary/aromatic N) is 3. The summed E-state index contributed by atoms with van der Waals surface area (Å²) in [6, 6.07) is 1.67. The molecule has 28 heavy (non-hydrogen) atoms. The summed E-state index contributed by atoms with van der Waals surface area (Å²) in [6.07, 6.45) is 4.94. The van der Waals surface area contributed by atoms with E-state index in [2.05, 4.69) is 29.6 Å². The lowest BCUT2D eigenvalue weighted by Crippen LogP contribution is -3.05. The van der Waals surface area contributed by atoms with Crippen LogP contribution >= 0.6 is 11.8 Å². The fourth-order valence-electron chi connectivity index (χ4n) is 3.43. The second kappa shape index (κ2) is 9.38. The molecule has 0 fully saturated rings. The number of carbonyl (C=O) groups excluding carboxylic acids is 1. The Balaban J connectivity index is 1.71. The highest BCUT2D eigenvalue weighted by Gasteiger charge is 2.21. The molecule has 2 aromatic heterocycles.